The average molecular weight is 321 g/mol. The number of halogens is 1. The monoisotopic (exact) mass is 320 g/mol. The van der Waals surface area contributed by atoms with Gasteiger partial charge in [0.05, 0.1) is 17.6 Å². The lowest BCUT2D eigenvalue weighted by Gasteiger charge is -2.06. The maximum Gasteiger partial charge on any atom is 0.204 e. The van der Waals surface area contributed by atoms with E-state index in [-0.39, 0.29) is 12.3 Å². The summed E-state index contributed by atoms with van der Waals surface area (Å²) in [7, 11) is 0. The Bertz CT molecular complexity index is 1020. The van der Waals surface area contributed by atoms with E-state index in [0.29, 0.717) is 10.8 Å². The molecule has 0 saturated heterocycles. The van der Waals surface area contributed by atoms with Gasteiger partial charge in [-0.2, -0.15) is 0 Å². The van der Waals surface area contributed by atoms with Crippen LogP contribution in [0.3, 0.4) is 0 Å². The molecule has 0 N–H and O–H groups in total. The summed E-state index contributed by atoms with van der Waals surface area (Å²) in [5.74, 6) is 0.0139. The van der Waals surface area contributed by atoms with Gasteiger partial charge in [-0.1, -0.05) is 60.7 Å². The second kappa shape index (κ2) is 5.52. The minimum atomic E-state index is 0.0139. The molecule has 4 rings (SSSR count). The third-order valence-electron chi connectivity index (χ3n) is 3.99. The lowest BCUT2D eigenvalue weighted by atomic mass is 10.1. The molecular formula is C19H13ClN2O. The van der Waals surface area contributed by atoms with E-state index >= 15 is 0 Å². The largest absolute Gasteiger partial charge is 0.307 e. The van der Waals surface area contributed by atoms with Crippen LogP contribution in [0.1, 0.15) is 10.4 Å². The maximum absolute atomic E-state index is 12.5. The Balaban J connectivity index is 1.83. The molecule has 0 radical (unpaired) electrons. The molecular weight excluding hydrogens is 308 g/mol. The van der Waals surface area contributed by atoms with Crippen molar-refractivity contribution in [1.29, 1.82) is 0 Å². The fourth-order valence-corrected chi connectivity index (χ4v) is 3.08. The quantitative estimate of drug-likeness (QED) is 0.512. The van der Waals surface area contributed by atoms with Crippen molar-refractivity contribution in [2.24, 2.45) is 0 Å². The molecule has 3 nitrogen and oxygen atoms in total. The van der Waals surface area contributed by atoms with Gasteiger partial charge in [-0.15, -0.1) is 0 Å². The van der Waals surface area contributed by atoms with E-state index in [1.165, 1.54) is 0 Å². The Morgan fingerprint density at radius 1 is 0.957 bits per heavy atom. The van der Waals surface area contributed by atoms with E-state index in [2.05, 4.69) is 4.98 Å². The zero-order chi connectivity index (χ0) is 15.8. The van der Waals surface area contributed by atoms with E-state index in [0.717, 1.165) is 21.8 Å². The number of carbonyl (C=O) groups is 1. The van der Waals surface area contributed by atoms with Gasteiger partial charge in [0.2, 0.25) is 5.28 Å². The van der Waals surface area contributed by atoms with Crippen LogP contribution in [0.4, 0.5) is 0 Å². The molecule has 4 aromatic rings. The van der Waals surface area contributed by atoms with Gasteiger partial charge in [0.25, 0.3) is 0 Å². The first kappa shape index (κ1) is 14.0. The Labute approximate surface area is 138 Å². The SMILES string of the molecule is O=C(Cn1c(Cl)nc2c3ccccc3ccc21)c1ccccc1. The van der Waals surface area contributed by atoms with Gasteiger partial charge in [-0.3, -0.25) is 4.79 Å². The van der Waals surface area contributed by atoms with Crippen molar-refractivity contribution in [3.63, 3.8) is 0 Å². The maximum atomic E-state index is 12.5. The number of benzene rings is 3. The molecule has 0 amide bonds. The van der Waals surface area contributed by atoms with E-state index in [4.69, 9.17) is 11.6 Å². The molecule has 0 unspecified atom stereocenters. The Morgan fingerprint density at radius 3 is 2.52 bits per heavy atom. The number of hydrogen-bond donors (Lipinski definition) is 0. The Kier molecular flexibility index (Phi) is 3.36. The lowest BCUT2D eigenvalue weighted by molar-refractivity contribution is 0.0973. The fourth-order valence-electron chi connectivity index (χ4n) is 2.84. The van der Waals surface area contributed by atoms with Gasteiger partial charge >= 0.3 is 0 Å². The summed E-state index contributed by atoms with van der Waals surface area (Å²) in [5, 5.41) is 2.48. The number of aromatic nitrogens is 2. The van der Waals surface area contributed by atoms with Crippen molar-refractivity contribution >= 4 is 39.2 Å². The predicted molar refractivity (Wildman–Crippen MR) is 93.0 cm³/mol. The summed E-state index contributed by atoms with van der Waals surface area (Å²) in [6.45, 7) is 0.178. The zero-order valence-electron chi connectivity index (χ0n) is 12.2. The summed E-state index contributed by atoms with van der Waals surface area (Å²) >= 11 is 6.30. The first-order chi connectivity index (χ1) is 11.2. The summed E-state index contributed by atoms with van der Waals surface area (Å²) in [6, 6.07) is 21.2. The number of imidazole rings is 1. The zero-order valence-corrected chi connectivity index (χ0v) is 13.0. The first-order valence-corrected chi connectivity index (χ1v) is 7.73. The number of fused-ring (bicyclic) bond motifs is 3. The Hall–Kier alpha value is -2.65. The van der Waals surface area contributed by atoms with Gasteiger partial charge in [0, 0.05) is 10.9 Å². The molecule has 4 heteroatoms. The molecule has 0 aliphatic carbocycles. The molecule has 0 saturated carbocycles. The summed E-state index contributed by atoms with van der Waals surface area (Å²) in [4.78, 5) is 16.9. The molecule has 112 valence electrons. The molecule has 0 spiro atoms. The highest BCUT2D eigenvalue weighted by Crippen LogP contribution is 2.27. The summed E-state index contributed by atoms with van der Waals surface area (Å²) in [6.07, 6.45) is 0. The van der Waals surface area contributed by atoms with Gasteiger partial charge in [0.15, 0.2) is 5.78 Å². The smallest absolute Gasteiger partial charge is 0.204 e. The highest BCUT2D eigenvalue weighted by atomic mass is 35.5. The van der Waals surface area contributed by atoms with E-state index < -0.39 is 0 Å². The van der Waals surface area contributed by atoms with E-state index in [1.807, 2.05) is 66.7 Å². The van der Waals surface area contributed by atoms with Crippen LogP contribution in [0.2, 0.25) is 5.28 Å². The standard InChI is InChI=1S/C19H13ClN2O/c20-19-21-18-15-9-5-4-6-13(15)10-11-16(18)22(19)12-17(23)14-7-2-1-3-8-14/h1-11H,12H2. The van der Waals surface area contributed by atoms with E-state index in [1.54, 1.807) is 4.57 Å². The number of ketones is 1. The third-order valence-corrected chi connectivity index (χ3v) is 4.28. The number of nitrogens with zero attached hydrogens (tertiary/aromatic N) is 2. The minimum Gasteiger partial charge on any atom is -0.307 e. The number of carbonyl (C=O) groups excluding carboxylic acids is 1. The van der Waals surface area contributed by atoms with Crippen LogP contribution in [0, 0.1) is 0 Å². The third kappa shape index (κ3) is 2.39. The first-order valence-electron chi connectivity index (χ1n) is 7.36. The van der Waals surface area contributed by atoms with Crippen molar-refractivity contribution < 1.29 is 4.79 Å². The average Bonchev–Trinajstić information content (AvgIpc) is 2.92. The van der Waals surface area contributed by atoms with Gasteiger partial charge in [-0.25, -0.2) is 4.98 Å². The van der Waals surface area contributed by atoms with Crippen LogP contribution in [0.5, 0.6) is 0 Å². The highest BCUT2D eigenvalue weighted by Gasteiger charge is 2.15. The van der Waals surface area contributed by atoms with Crippen LogP contribution < -0.4 is 0 Å². The molecule has 0 aliphatic heterocycles. The lowest BCUT2D eigenvalue weighted by Crippen LogP contribution is -2.10. The van der Waals surface area contributed by atoms with Crippen molar-refractivity contribution in [3.8, 4) is 0 Å². The highest BCUT2D eigenvalue weighted by molar-refractivity contribution is 6.30. The van der Waals surface area contributed by atoms with E-state index in [9.17, 15) is 4.79 Å². The van der Waals surface area contributed by atoms with Crippen molar-refractivity contribution in [1.82, 2.24) is 9.55 Å². The molecule has 0 atom stereocenters. The van der Waals surface area contributed by atoms with Crippen LogP contribution in [0.25, 0.3) is 21.8 Å². The van der Waals surface area contributed by atoms with Crippen molar-refractivity contribution in [3.05, 3.63) is 77.6 Å². The molecule has 23 heavy (non-hydrogen) atoms. The minimum absolute atomic E-state index is 0.0139. The van der Waals surface area contributed by atoms with Gasteiger partial charge in [-0.05, 0) is 23.1 Å². The van der Waals surface area contributed by atoms with Crippen molar-refractivity contribution in [2.45, 2.75) is 6.54 Å². The Morgan fingerprint density at radius 2 is 1.70 bits per heavy atom. The summed E-state index contributed by atoms with van der Waals surface area (Å²) in [5.41, 5.74) is 2.37. The second-order valence-corrected chi connectivity index (χ2v) is 5.75. The molecule has 1 heterocycles. The van der Waals surface area contributed by atoms with Crippen LogP contribution in [0.15, 0.2) is 66.7 Å². The second-order valence-electron chi connectivity index (χ2n) is 5.41. The molecule has 3 aromatic carbocycles. The van der Waals surface area contributed by atoms with Gasteiger partial charge < -0.3 is 4.57 Å². The molecule has 0 fully saturated rings. The van der Waals surface area contributed by atoms with Gasteiger partial charge in [0.1, 0.15) is 0 Å². The number of Topliss-reactive ketones (excluding diaryl/α,β-unsaturated/α-hetero) is 1. The molecule has 0 aliphatic rings. The van der Waals surface area contributed by atoms with Crippen LogP contribution in [-0.4, -0.2) is 15.3 Å². The van der Waals surface area contributed by atoms with Crippen LogP contribution in [-0.2, 0) is 6.54 Å². The predicted octanol–water partition coefficient (Wildman–Crippen LogP) is 4.73. The number of rotatable bonds is 3. The van der Waals surface area contributed by atoms with Crippen LogP contribution >= 0.6 is 11.6 Å². The number of hydrogen-bond acceptors (Lipinski definition) is 2. The molecule has 0 bridgehead atoms. The fraction of sp³-hybridized carbons (Fsp3) is 0.0526. The van der Waals surface area contributed by atoms with Crippen molar-refractivity contribution in [2.75, 3.05) is 0 Å². The molecule has 1 aromatic heterocycles. The summed E-state index contributed by atoms with van der Waals surface area (Å²) < 4.78 is 1.76. The normalized spacial score (nSPS) is 11.2. The topological polar surface area (TPSA) is 34.9 Å².